The third kappa shape index (κ3) is 14.6. The average molecular weight is 956 g/mol. The fraction of sp³-hybridized carbons (Fsp3) is 0.439. The molecule has 1 aromatic heterocycles. The van der Waals surface area contributed by atoms with E-state index in [1.807, 2.05) is 94.7 Å². The molecule has 12 heteroatoms. The van der Waals surface area contributed by atoms with Crippen molar-refractivity contribution in [3.8, 4) is 21.9 Å². The molecule has 1 aliphatic heterocycles. The van der Waals surface area contributed by atoms with Gasteiger partial charge in [0.25, 0.3) is 0 Å². The van der Waals surface area contributed by atoms with Gasteiger partial charge in [-0.05, 0) is 115 Å². The lowest BCUT2D eigenvalue weighted by Gasteiger charge is -2.35. The van der Waals surface area contributed by atoms with E-state index in [9.17, 15) is 24.6 Å². The van der Waals surface area contributed by atoms with Gasteiger partial charge < -0.3 is 35.4 Å². The summed E-state index contributed by atoms with van der Waals surface area (Å²) in [5.74, 6) is 0.201. The molecule has 0 spiro atoms. The number of allylic oxidation sites excluding steroid dienone is 1. The van der Waals surface area contributed by atoms with Crippen LogP contribution in [-0.2, 0) is 14.4 Å². The van der Waals surface area contributed by atoms with Crippen LogP contribution in [0.25, 0.3) is 21.6 Å². The number of hydrogen-bond acceptors (Lipinski definition) is 9. The van der Waals surface area contributed by atoms with Crippen molar-refractivity contribution in [2.24, 2.45) is 5.41 Å². The Balaban J connectivity index is 0.910. The highest BCUT2D eigenvalue weighted by Crippen LogP contribution is 2.36. The van der Waals surface area contributed by atoms with E-state index in [0.29, 0.717) is 13.0 Å². The number of rotatable bonds is 23. The number of aryl methyl sites for hydroxylation is 1. The van der Waals surface area contributed by atoms with Crippen molar-refractivity contribution in [3.05, 3.63) is 137 Å². The summed E-state index contributed by atoms with van der Waals surface area (Å²) in [4.78, 5) is 50.4. The van der Waals surface area contributed by atoms with Crippen LogP contribution in [0.1, 0.15) is 127 Å². The molecule has 69 heavy (non-hydrogen) atoms. The van der Waals surface area contributed by atoms with E-state index in [4.69, 9.17) is 4.74 Å². The van der Waals surface area contributed by atoms with Gasteiger partial charge in [-0.25, -0.2) is 4.98 Å². The van der Waals surface area contributed by atoms with Crippen molar-refractivity contribution in [2.75, 3.05) is 32.8 Å². The van der Waals surface area contributed by atoms with E-state index in [1.54, 1.807) is 23.5 Å². The van der Waals surface area contributed by atoms with Gasteiger partial charge in [0.1, 0.15) is 30.2 Å². The predicted octanol–water partition coefficient (Wildman–Crippen LogP) is 10.6. The summed E-state index contributed by atoms with van der Waals surface area (Å²) in [5.41, 5.74) is 9.88. The predicted molar refractivity (Wildman–Crippen MR) is 279 cm³/mol. The number of likely N-dealkylation sites (tertiary alicyclic amines) is 1. The van der Waals surface area contributed by atoms with Crippen LogP contribution in [0.4, 0.5) is 0 Å². The zero-order chi connectivity index (χ0) is 49.5. The van der Waals surface area contributed by atoms with Crippen molar-refractivity contribution >= 4 is 40.2 Å². The number of nitrogens with zero attached hydrogens (tertiary/aromatic N) is 3. The van der Waals surface area contributed by atoms with Crippen molar-refractivity contribution in [1.82, 2.24) is 25.4 Å². The second-order valence-corrected chi connectivity index (χ2v) is 20.2. The summed E-state index contributed by atoms with van der Waals surface area (Å²) in [6.45, 7) is 17.3. The third-order valence-electron chi connectivity index (χ3n) is 13.1. The fourth-order valence-electron chi connectivity index (χ4n) is 9.15. The minimum atomic E-state index is -0.852. The SMILES string of the molecule is CCC(=C(c1ccc(O)cc1)c1ccc(OCCN(CC)CCCCCCCC(=O)N[C@H](C(=O)N2C[C@H](O)C[C@H]2C(=O)N[C@@H](C)c2ccc(-c3scnc3C)cc2)C(C)(C)C)cc1)c1ccccc1. The first kappa shape index (κ1) is 52.5. The van der Waals surface area contributed by atoms with Crippen LogP contribution in [-0.4, -0.2) is 93.7 Å². The first-order valence-corrected chi connectivity index (χ1v) is 25.7. The normalized spacial score (nSPS) is 16.2. The highest BCUT2D eigenvalue weighted by Gasteiger charge is 2.44. The lowest BCUT2D eigenvalue weighted by molar-refractivity contribution is -0.144. The molecule has 0 saturated carbocycles. The van der Waals surface area contributed by atoms with E-state index < -0.39 is 23.6 Å². The molecule has 1 aliphatic rings. The molecule has 4 atom stereocenters. The molecule has 4 aromatic carbocycles. The van der Waals surface area contributed by atoms with Crippen LogP contribution in [0, 0.1) is 12.3 Å². The smallest absolute Gasteiger partial charge is 0.246 e. The molecule has 4 N–H and O–H groups in total. The van der Waals surface area contributed by atoms with Gasteiger partial charge in [-0.1, -0.05) is 133 Å². The van der Waals surface area contributed by atoms with E-state index in [-0.39, 0.29) is 42.5 Å². The number of likely N-dealkylation sites (N-methyl/N-ethyl adjacent to an activating group) is 1. The Labute approximate surface area is 414 Å². The molecule has 0 unspecified atom stereocenters. The summed E-state index contributed by atoms with van der Waals surface area (Å²) < 4.78 is 6.22. The Morgan fingerprint density at radius 2 is 1.49 bits per heavy atom. The number of thiazole rings is 1. The Morgan fingerprint density at radius 3 is 2.12 bits per heavy atom. The summed E-state index contributed by atoms with van der Waals surface area (Å²) in [5, 5.41) is 26.7. The second-order valence-electron chi connectivity index (χ2n) is 19.3. The number of aromatic hydroxyl groups is 1. The van der Waals surface area contributed by atoms with Gasteiger partial charge in [0.05, 0.1) is 28.2 Å². The van der Waals surface area contributed by atoms with Gasteiger partial charge in [-0.2, -0.15) is 0 Å². The standard InChI is InChI=1S/C57H73N5O6S/c1-8-49(42-18-14-13-15-19-42)52(43-25-29-46(63)30-26-43)44-27-31-48(32-28-44)68-35-34-61(9-2)33-17-12-10-11-16-20-51(65)60-54(57(5,6)7)56(67)62-37-47(64)36-50(62)55(66)59-39(3)41-21-23-45(24-22-41)53-40(4)58-38-69-53/h13-15,18-19,21-32,38-39,47,50,54,63-64H,8-12,16-17,20,33-37H2,1-7H3,(H,59,66)(H,60,65)/t39-,47+,50-,54+/m0/s1. The first-order chi connectivity index (χ1) is 33.2. The van der Waals surface area contributed by atoms with Crippen molar-refractivity contribution in [3.63, 3.8) is 0 Å². The molecule has 1 fully saturated rings. The van der Waals surface area contributed by atoms with Crippen LogP contribution in [0.15, 0.2) is 109 Å². The number of aliphatic hydroxyl groups excluding tert-OH is 1. The zero-order valence-corrected chi connectivity index (χ0v) is 42.5. The van der Waals surface area contributed by atoms with E-state index in [1.165, 1.54) is 16.0 Å². The molecule has 3 amide bonds. The highest BCUT2D eigenvalue weighted by molar-refractivity contribution is 7.13. The highest BCUT2D eigenvalue weighted by atomic mass is 32.1. The summed E-state index contributed by atoms with van der Waals surface area (Å²) in [6.07, 6.45) is 5.21. The number of benzene rings is 4. The molecule has 368 valence electrons. The molecule has 2 heterocycles. The minimum absolute atomic E-state index is 0.0329. The number of phenols is 1. The fourth-order valence-corrected chi connectivity index (χ4v) is 9.96. The maximum atomic E-state index is 14.1. The summed E-state index contributed by atoms with van der Waals surface area (Å²) in [6, 6.07) is 32.2. The Morgan fingerprint density at radius 1 is 0.841 bits per heavy atom. The molecule has 0 bridgehead atoms. The van der Waals surface area contributed by atoms with E-state index >= 15 is 0 Å². The van der Waals surface area contributed by atoms with Crippen molar-refractivity contribution in [2.45, 2.75) is 124 Å². The van der Waals surface area contributed by atoms with Gasteiger partial charge in [0, 0.05) is 25.9 Å². The van der Waals surface area contributed by atoms with E-state index in [0.717, 1.165) is 102 Å². The monoisotopic (exact) mass is 956 g/mol. The number of aliphatic hydroxyl groups is 1. The van der Waals surface area contributed by atoms with Crippen LogP contribution < -0.4 is 15.4 Å². The molecule has 6 rings (SSSR count). The number of phenolic OH excluding ortho intramolecular Hbond substituents is 1. The molecular formula is C57H73N5O6S. The van der Waals surface area contributed by atoms with Gasteiger partial charge in [-0.15, -0.1) is 11.3 Å². The largest absolute Gasteiger partial charge is 0.508 e. The van der Waals surface area contributed by atoms with Gasteiger partial charge in [-0.3, -0.25) is 14.4 Å². The van der Waals surface area contributed by atoms with Crippen LogP contribution >= 0.6 is 11.3 Å². The summed E-state index contributed by atoms with van der Waals surface area (Å²) in [7, 11) is 0. The lowest BCUT2D eigenvalue weighted by atomic mass is 9.85. The molecule has 0 radical (unpaired) electrons. The summed E-state index contributed by atoms with van der Waals surface area (Å²) >= 11 is 1.59. The van der Waals surface area contributed by atoms with Gasteiger partial charge in [0.2, 0.25) is 17.7 Å². The maximum Gasteiger partial charge on any atom is 0.246 e. The number of hydrogen-bond donors (Lipinski definition) is 4. The Hall–Kier alpha value is -5.82. The second kappa shape index (κ2) is 25.2. The molecular weight excluding hydrogens is 883 g/mol. The lowest BCUT2D eigenvalue weighted by Crippen LogP contribution is -2.57. The topological polar surface area (TPSA) is 144 Å². The number of unbranched alkanes of at least 4 members (excludes halogenated alkanes) is 4. The number of carbonyl (C=O) groups is 3. The number of carbonyl (C=O) groups excluding carboxylic acids is 3. The minimum Gasteiger partial charge on any atom is -0.508 e. The Bertz CT molecular complexity index is 2450. The van der Waals surface area contributed by atoms with Crippen LogP contribution in [0.5, 0.6) is 11.5 Å². The number of nitrogens with one attached hydrogen (secondary N) is 2. The average Bonchev–Trinajstić information content (AvgIpc) is 3.97. The van der Waals surface area contributed by atoms with Crippen molar-refractivity contribution in [1.29, 1.82) is 0 Å². The molecule has 11 nitrogen and oxygen atoms in total. The molecule has 1 saturated heterocycles. The van der Waals surface area contributed by atoms with Gasteiger partial charge >= 0.3 is 0 Å². The maximum absolute atomic E-state index is 14.1. The van der Waals surface area contributed by atoms with Gasteiger partial charge in [0.15, 0.2) is 0 Å². The Kier molecular flexibility index (Phi) is 19.2. The van der Waals surface area contributed by atoms with E-state index in [2.05, 4.69) is 70.8 Å². The van der Waals surface area contributed by atoms with Crippen LogP contribution in [0.3, 0.4) is 0 Å². The van der Waals surface area contributed by atoms with Crippen LogP contribution in [0.2, 0.25) is 0 Å². The molecule has 0 aliphatic carbocycles. The first-order valence-electron chi connectivity index (χ1n) is 24.8. The number of ether oxygens (including phenoxy) is 1. The zero-order valence-electron chi connectivity index (χ0n) is 41.7. The van der Waals surface area contributed by atoms with Crippen molar-refractivity contribution < 1.29 is 29.3 Å². The molecule has 5 aromatic rings. The number of aromatic nitrogens is 1. The quantitative estimate of drug-likeness (QED) is 0.0374. The number of amides is 3. The number of β-amino-alcohol motifs (C(OH)–C–C–N with tert-alkyl or cyclic N) is 1. The third-order valence-corrected chi connectivity index (χ3v) is 14.1.